The average Bonchev–Trinajstić information content (AvgIpc) is 3.14. The Labute approximate surface area is 149 Å². The van der Waals surface area contributed by atoms with E-state index in [1.54, 1.807) is 0 Å². The van der Waals surface area contributed by atoms with Gasteiger partial charge in [0.1, 0.15) is 12.7 Å². The Bertz CT molecular complexity index is 835. The van der Waals surface area contributed by atoms with Gasteiger partial charge < -0.3 is 0 Å². The zero-order valence-electron chi connectivity index (χ0n) is 12.7. The van der Waals surface area contributed by atoms with Crippen LogP contribution >= 0.6 is 27.5 Å². The van der Waals surface area contributed by atoms with Crippen LogP contribution in [0.2, 0.25) is 5.02 Å². The molecule has 0 spiro atoms. The van der Waals surface area contributed by atoms with Crippen molar-refractivity contribution in [3.63, 3.8) is 0 Å². The van der Waals surface area contributed by atoms with Gasteiger partial charge in [-0.25, -0.2) is 9.13 Å². The number of aromatic nitrogens is 2. The van der Waals surface area contributed by atoms with Crippen LogP contribution in [0, 0.1) is 0 Å². The predicted octanol–water partition coefficient (Wildman–Crippen LogP) is 4.85. The molecule has 0 saturated carbocycles. The van der Waals surface area contributed by atoms with Crippen LogP contribution in [0.4, 0.5) is 0 Å². The molecular formula is C19H17BrClN2+. The van der Waals surface area contributed by atoms with Crippen molar-refractivity contribution in [2.24, 2.45) is 0 Å². The second-order valence-corrected chi connectivity index (χ2v) is 7.30. The first-order valence-corrected chi connectivity index (χ1v) is 9.00. The van der Waals surface area contributed by atoms with E-state index in [0.29, 0.717) is 0 Å². The van der Waals surface area contributed by atoms with Gasteiger partial charge in [-0.3, -0.25) is 0 Å². The summed E-state index contributed by atoms with van der Waals surface area (Å²) in [7, 11) is 0. The standard InChI is InChI=1S/C19H17BrClN2/c20-16-7-3-14(4-8-16)12-22-13-18(23-11-1-2-19(22)23)15-5-9-17(21)10-6-15/h3-10,13H,1-2,11-12H2/q+1. The van der Waals surface area contributed by atoms with E-state index in [2.05, 4.69) is 67.7 Å². The Kier molecular flexibility index (Phi) is 4.00. The second-order valence-electron chi connectivity index (χ2n) is 5.95. The molecule has 2 heterocycles. The number of halogens is 2. The first-order chi connectivity index (χ1) is 11.2. The minimum Gasteiger partial charge on any atom is -0.229 e. The molecule has 1 aliphatic rings. The first-order valence-electron chi connectivity index (χ1n) is 7.83. The van der Waals surface area contributed by atoms with Crippen LogP contribution in [-0.4, -0.2) is 4.57 Å². The molecule has 1 aliphatic heterocycles. The molecule has 4 heteroatoms. The molecule has 0 saturated heterocycles. The largest absolute Gasteiger partial charge is 0.257 e. The van der Waals surface area contributed by atoms with Gasteiger partial charge in [0.05, 0.1) is 13.0 Å². The van der Waals surface area contributed by atoms with Crippen LogP contribution in [0.3, 0.4) is 0 Å². The average molecular weight is 389 g/mol. The zero-order valence-corrected chi connectivity index (χ0v) is 15.0. The highest BCUT2D eigenvalue weighted by molar-refractivity contribution is 9.10. The van der Waals surface area contributed by atoms with E-state index in [1.165, 1.54) is 29.1 Å². The predicted molar refractivity (Wildman–Crippen MR) is 96.6 cm³/mol. The molecule has 0 atom stereocenters. The molecule has 1 aromatic heterocycles. The molecule has 0 aliphatic carbocycles. The first kappa shape index (κ1) is 15.0. The Morgan fingerprint density at radius 2 is 1.78 bits per heavy atom. The molecule has 0 fully saturated rings. The molecule has 4 rings (SSSR count). The normalized spacial score (nSPS) is 13.3. The highest BCUT2D eigenvalue weighted by Gasteiger charge is 2.28. The van der Waals surface area contributed by atoms with Gasteiger partial charge in [-0.15, -0.1) is 0 Å². The van der Waals surface area contributed by atoms with Crippen molar-refractivity contribution >= 4 is 27.5 Å². The number of benzene rings is 2. The number of hydrogen-bond acceptors (Lipinski definition) is 0. The SMILES string of the molecule is Clc1ccc(-c2c[n+](Cc3ccc(Br)cc3)c3n2CCC3)cc1. The van der Waals surface area contributed by atoms with E-state index < -0.39 is 0 Å². The van der Waals surface area contributed by atoms with Gasteiger partial charge in [0.25, 0.3) is 5.82 Å². The number of rotatable bonds is 3. The molecule has 2 nitrogen and oxygen atoms in total. The lowest BCUT2D eigenvalue weighted by molar-refractivity contribution is -0.694. The van der Waals surface area contributed by atoms with Crippen molar-refractivity contribution < 1.29 is 4.57 Å². The van der Waals surface area contributed by atoms with E-state index >= 15 is 0 Å². The van der Waals surface area contributed by atoms with Crippen LogP contribution in [0.5, 0.6) is 0 Å². The molecule has 0 radical (unpaired) electrons. The summed E-state index contributed by atoms with van der Waals surface area (Å²) in [6, 6.07) is 16.7. The topological polar surface area (TPSA) is 8.81 Å². The molecule has 2 aromatic carbocycles. The van der Waals surface area contributed by atoms with Gasteiger partial charge >= 0.3 is 0 Å². The molecule has 0 bridgehead atoms. The lowest BCUT2D eigenvalue weighted by atomic mass is 10.1. The molecule has 3 aromatic rings. The third-order valence-electron chi connectivity index (χ3n) is 4.40. The molecular weight excluding hydrogens is 372 g/mol. The number of hydrogen-bond donors (Lipinski definition) is 0. The Morgan fingerprint density at radius 1 is 1.04 bits per heavy atom. The van der Waals surface area contributed by atoms with E-state index in [9.17, 15) is 0 Å². The highest BCUT2D eigenvalue weighted by atomic mass is 79.9. The van der Waals surface area contributed by atoms with E-state index in [1.807, 2.05) is 12.1 Å². The van der Waals surface area contributed by atoms with Crippen molar-refractivity contribution in [3.8, 4) is 11.3 Å². The third kappa shape index (κ3) is 2.96. The van der Waals surface area contributed by atoms with Gasteiger partial charge in [0.15, 0.2) is 5.69 Å². The zero-order chi connectivity index (χ0) is 15.8. The maximum absolute atomic E-state index is 6.03. The van der Waals surface area contributed by atoms with Gasteiger partial charge in [0.2, 0.25) is 0 Å². The molecule has 116 valence electrons. The molecule has 0 unspecified atom stereocenters. The van der Waals surface area contributed by atoms with Crippen LogP contribution in [0.15, 0.2) is 59.2 Å². The minimum atomic E-state index is 0.782. The molecule has 0 amide bonds. The molecule has 23 heavy (non-hydrogen) atoms. The van der Waals surface area contributed by atoms with Gasteiger partial charge in [-0.05, 0) is 48.4 Å². The highest BCUT2D eigenvalue weighted by Crippen LogP contribution is 2.26. The monoisotopic (exact) mass is 387 g/mol. The lowest BCUT2D eigenvalue weighted by Crippen LogP contribution is -2.36. The van der Waals surface area contributed by atoms with Gasteiger partial charge in [0, 0.05) is 15.1 Å². The van der Waals surface area contributed by atoms with Crippen molar-refractivity contribution in [3.05, 3.63) is 75.6 Å². The Morgan fingerprint density at radius 3 is 2.52 bits per heavy atom. The van der Waals surface area contributed by atoms with Crippen molar-refractivity contribution in [2.45, 2.75) is 25.9 Å². The van der Waals surface area contributed by atoms with E-state index in [-0.39, 0.29) is 0 Å². The summed E-state index contributed by atoms with van der Waals surface area (Å²) in [6.45, 7) is 2.01. The summed E-state index contributed by atoms with van der Waals surface area (Å²) >= 11 is 9.53. The number of fused-ring (bicyclic) bond motifs is 1. The fourth-order valence-corrected chi connectivity index (χ4v) is 3.67. The smallest absolute Gasteiger partial charge is 0.229 e. The number of imidazole rings is 1. The fourth-order valence-electron chi connectivity index (χ4n) is 3.28. The summed E-state index contributed by atoms with van der Waals surface area (Å²) in [5.74, 6) is 1.41. The maximum atomic E-state index is 6.03. The second kappa shape index (κ2) is 6.14. The van der Waals surface area contributed by atoms with E-state index in [4.69, 9.17) is 11.6 Å². The Balaban J connectivity index is 1.72. The fraction of sp³-hybridized carbons (Fsp3) is 0.211. The summed E-state index contributed by atoms with van der Waals surface area (Å²) in [4.78, 5) is 0. The van der Waals surface area contributed by atoms with Gasteiger partial charge in [-0.1, -0.05) is 39.7 Å². The van der Waals surface area contributed by atoms with Crippen LogP contribution in [-0.2, 0) is 19.5 Å². The number of nitrogens with zero attached hydrogens (tertiary/aromatic N) is 2. The summed E-state index contributed by atoms with van der Waals surface area (Å²) in [5.41, 5.74) is 3.83. The third-order valence-corrected chi connectivity index (χ3v) is 5.18. The minimum absolute atomic E-state index is 0.782. The van der Waals surface area contributed by atoms with Crippen LogP contribution in [0.25, 0.3) is 11.3 Å². The summed E-state index contributed by atoms with van der Waals surface area (Å²) in [6.07, 6.45) is 4.64. The lowest BCUT2D eigenvalue weighted by Gasteiger charge is -2.00. The van der Waals surface area contributed by atoms with Crippen LogP contribution < -0.4 is 4.57 Å². The molecule has 0 N–H and O–H groups in total. The van der Waals surface area contributed by atoms with Gasteiger partial charge in [-0.2, -0.15) is 0 Å². The van der Waals surface area contributed by atoms with E-state index in [0.717, 1.165) is 29.0 Å². The van der Waals surface area contributed by atoms with Crippen molar-refractivity contribution in [1.29, 1.82) is 0 Å². The van der Waals surface area contributed by atoms with Crippen LogP contribution in [0.1, 0.15) is 17.8 Å². The Hall–Kier alpha value is -1.58. The summed E-state index contributed by atoms with van der Waals surface area (Å²) in [5, 5.41) is 0.782. The van der Waals surface area contributed by atoms with Crippen molar-refractivity contribution in [1.82, 2.24) is 4.57 Å². The quantitative estimate of drug-likeness (QED) is 0.567. The van der Waals surface area contributed by atoms with Crippen molar-refractivity contribution in [2.75, 3.05) is 0 Å². The summed E-state index contributed by atoms with van der Waals surface area (Å²) < 4.78 is 5.96. The maximum Gasteiger partial charge on any atom is 0.257 e.